The van der Waals surface area contributed by atoms with Gasteiger partial charge in [-0.3, -0.25) is 15.0 Å². The lowest BCUT2D eigenvalue weighted by Crippen LogP contribution is -2.35. The van der Waals surface area contributed by atoms with Crippen LogP contribution < -0.4 is 4.74 Å². The third kappa shape index (κ3) is 4.29. The molecule has 0 bridgehead atoms. The number of likely N-dealkylation sites (tertiary alicyclic amines) is 1. The number of ether oxygens (including phenoxy) is 1. The molecule has 0 atom stereocenters. The SMILES string of the molecule is COc1cccc(-n2c(C)cc(/C=C3/C(=N)N4N=C(CC(=O)N5CCCC5)SC4=NC3=O)c2C)c1. The van der Waals surface area contributed by atoms with E-state index in [0.717, 1.165) is 54.3 Å². The Morgan fingerprint density at radius 3 is 2.74 bits per heavy atom. The Balaban J connectivity index is 1.42. The number of aromatic nitrogens is 1. The van der Waals surface area contributed by atoms with Crippen molar-refractivity contribution in [2.75, 3.05) is 20.2 Å². The van der Waals surface area contributed by atoms with Gasteiger partial charge in [0.15, 0.2) is 5.84 Å². The molecule has 3 aliphatic heterocycles. The maximum atomic E-state index is 12.9. The van der Waals surface area contributed by atoms with Crippen molar-refractivity contribution >= 4 is 45.7 Å². The molecule has 0 saturated carbocycles. The fourth-order valence-corrected chi connectivity index (χ4v) is 5.42. The Hall–Kier alpha value is -3.66. The molecule has 4 heterocycles. The summed E-state index contributed by atoms with van der Waals surface area (Å²) in [7, 11) is 1.63. The van der Waals surface area contributed by atoms with Gasteiger partial charge in [-0.15, -0.1) is 0 Å². The summed E-state index contributed by atoms with van der Waals surface area (Å²) in [5, 5.41) is 15.3. The monoisotopic (exact) mass is 490 g/mol. The van der Waals surface area contributed by atoms with Crippen LogP contribution in [0.25, 0.3) is 11.8 Å². The minimum atomic E-state index is -0.484. The highest BCUT2D eigenvalue weighted by molar-refractivity contribution is 8.27. The van der Waals surface area contributed by atoms with Gasteiger partial charge in [0.25, 0.3) is 5.91 Å². The molecule has 0 aliphatic carbocycles. The molecule has 10 heteroatoms. The average molecular weight is 491 g/mol. The lowest BCUT2D eigenvalue weighted by atomic mass is 10.1. The molecule has 2 amide bonds. The summed E-state index contributed by atoms with van der Waals surface area (Å²) in [4.78, 5) is 31.4. The van der Waals surface area contributed by atoms with Gasteiger partial charge in [0.05, 0.1) is 19.1 Å². The second kappa shape index (κ2) is 9.18. The highest BCUT2D eigenvalue weighted by atomic mass is 32.2. The van der Waals surface area contributed by atoms with Crippen molar-refractivity contribution in [2.24, 2.45) is 10.1 Å². The number of aliphatic imine (C=N–C) groups is 1. The van der Waals surface area contributed by atoms with Crippen molar-refractivity contribution in [3.63, 3.8) is 0 Å². The molecular weight excluding hydrogens is 464 g/mol. The third-order valence-corrected chi connectivity index (χ3v) is 7.25. The first kappa shape index (κ1) is 23.1. The molecule has 1 N–H and O–H groups in total. The lowest BCUT2D eigenvalue weighted by molar-refractivity contribution is -0.128. The van der Waals surface area contributed by atoms with Crippen LogP contribution in [-0.4, -0.2) is 62.5 Å². The number of thioether (sulfide) groups is 1. The molecule has 3 aliphatic rings. The van der Waals surface area contributed by atoms with E-state index in [2.05, 4.69) is 14.7 Å². The Kier molecular flexibility index (Phi) is 6.06. The maximum absolute atomic E-state index is 12.9. The van der Waals surface area contributed by atoms with Crippen molar-refractivity contribution in [1.29, 1.82) is 5.41 Å². The quantitative estimate of drug-likeness (QED) is 0.643. The molecular formula is C25H26N6O3S. The number of hydrogen-bond acceptors (Lipinski definition) is 6. The number of methoxy groups -OCH3 is 1. The van der Waals surface area contributed by atoms with Crippen molar-refractivity contribution in [1.82, 2.24) is 14.5 Å². The second-order valence-electron chi connectivity index (χ2n) is 8.64. The summed E-state index contributed by atoms with van der Waals surface area (Å²) in [6.45, 7) is 5.51. The molecule has 1 saturated heterocycles. The van der Waals surface area contributed by atoms with Crippen molar-refractivity contribution in [2.45, 2.75) is 33.1 Å². The van der Waals surface area contributed by atoms with E-state index in [-0.39, 0.29) is 23.7 Å². The molecule has 0 spiro atoms. The van der Waals surface area contributed by atoms with Crippen LogP contribution in [0, 0.1) is 19.3 Å². The van der Waals surface area contributed by atoms with Gasteiger partial charge in [-0.2, -0.15) is 15.1 Å². The van der Waals surface area contributed by atoms with E-state index in [9.17, 15) is 9.59 Å². The summed E-state index contributed by atoms with van der Waals surface area (Å²) in [6.07, 6.45) is 3.89. The summed E-state index contributed by atoms with van der Waals surface area (Å²) < 4.78 is 7.43. The first-order valence-corrected chi connectivity index (χ1v) is 12.3. The molecule has 1 aromatic heterocycles. The summed E-state index contributed by atoms with van der Waals surface area (Å²) >= 11 is 1.18. The Morgan fingerprint density at radius 2 is 2.00 bits per heavy atom. The van der Waals surface area contributed by atoms with E-state index < -0.39 is 5.91 Å². The molecule has 180 valence electrons. The summed E-state index contributed by atoms with van der Waals surface area (Å²) in [5.74, 6) is 0.252. The number of fused-ring (bicyclic) bond motifs is 1. The predicted molar refractivity (Wildman–Crippen MR) is 137 cm³/mol. The van der Waals surface area contributed by atoms with Gasteiger partial charge >= 0.3 is 0 Å². The highest BCUT2D eigenvalue weighted by Crippen LogP contribution is 2.31. The van der Waals surface area contributed by atoms with E-state index in [1.807, 2.05) is 49.1 Å². The van der Waals surface area contributed by atoms with E-state index in [1.165, 1.54) is 16.8 Å². The second-order valence-corrected chi connectivity index (χ2v) is 9.68. The van der Waals surface area contributed by atoms with Gasteiger partial charge < -0.3 is 14.2 Å². The zero-order valence-corrected chi connectivity index (χ0v) is 20.7. The molecule has 1 fully saturated rings. The van der Waals surface area contributed by atoms with Gasteiger partial charge in [-0.05, 0) is 68.3 Å². The first-order valence-electron chi connectivity index (χ1n) is 11.5. The number of nitrogens with zero attached hydrogens (tertiary/aromatic N) is 5. The average Bonchev–Trinajstić information content (AvgIpc) is 3.57. The number of carbonyl (C=O) groups is 2. The molecule has 5 rings (SSSR count). The highest BCUT2D eigenvalue weighted by Gasteiger charge is 2.36. The van der Waals surface area contributed by atoms with Crippen LogP contribution in [0.15, 0.2) is 46.0 Å². The van der Waals surface area contributed by atoms with Crippen LogP contribution >= 0.6 is 11.8 Å². The van der Waals surface area contributed by atoms with Crippen LogP contribution in [0.2, 0.25) is 0 Å². The van der Waals surface area contributed by atoms with Gasteiger partial charge in [0, 0.05) is 36.2 Å². The van der Waals surface area contributed by atoms with Gasteiger partial charge in [0.1, 0.15) is 10.8 Å². The van der Waals surface area contributed by atoms with Crippen molar-refractivity contribution in [3.8, 4) is 11.4 Å². The Morgan fingerprint density at radius 1 is 1.23 bits per heavy atom. The number of benzene rings is 1. The summed E-state index contributed by atoms with van der Waals surface area (Å²) in [6, 6.07) is 9.73. The number of amidine groups is 2. The molecule has 1 aromatic carbocycles. The molecule has 2 aromatic rings. The summed E-state index contributed by atoms with van der Waals surface area (Å²) in [5.41, 5.74) is 3.84. The molecule has 0 radical (unpaired) electrons. The lowest BCUT2D eigenvalue weighted by Gasteiger charge is -2.20. The van der Waals surface area contributed by atoms with Crippen LogP contribution in [0.5, 0.6) is 5.75 Å². The normalized spacial score (nSPS) is 18.8. The minimum absolute atomic E-state index is 0.0211. The smallest absolute Gasteiger partial charge is 0.283 e. The van der Waals surface area contributed by atoms with E-state index in [1.54, 1.807) is 13.2 Å². The Bertz CT molecular complexity index is 1330. The van der Waals surface area contributed by atoms with E-state index >= 15 is 0 Å². The van der Waals surface area contributed by atoms with Crippen LogP contribution in [0.1, 0.15) is 36.2 Å². The van der Waals surface area contributed by atoms with Crippen LogP contribution in [-0.2, 0) is 9.59 Å². The first-order chi connectivity index (χ1) is 16.9. The number of aryl methyl sites for hydroxylation is 1. The molecule has 9 nitrogen and oxygen atoms in total. The predicted octanol–water partition coefficient (Wildman–Crippen LogP) is 3.73. The fourth-order valence-electron chi connectivity index (χ4n) is 4.55. The third-order valence-electron chi connectivity index (χ3n) is 6.34. The van der Waals surface area contributed by atoms with Crippen LogP contribution in [0.4, 0.5) is 0 Å². The van der Waals surface area contributed by atoms with Crippen molar-refractivity contribution < 1.29 is 14.3 Å². The minimum Gasteiger partial charge on any atom is -0.497 e. The van der Waals surface area contributed by atoms with Gasteiger partial charge in [-0.25, -0.2) is 0 Å². The largest absolute Gasteiger partial charge is 0.497 e. The van der Waals surface area contributed by atoms with Crippen molar-refractivity contribution in [3.05, 3.63) is 52.9 Å². The number of rotatable bonds is 5. The topological polar surface area (TPSA) is 103 Å². The van der Waals surface area contributed by atoms with E-state index in [4.69, 9.17) is 10.1 Å². The van der Waals surface area contributed by atoms with Gasteiger partial charge in [0.2, 0.25) is 11.1 Å². The Labute approximate surface area is 207 Å². The number of nitrogens with one attached hydrogen (secondary N) is 1. The number of amides is 2. The number of hydrazone groups is 1. The number of hydrogen-bond donors (Lipinski definition) is 1. The van der Waals surface area contributed by atoms with Gasteiger partial charge in [-0.1, -0.05) is 6.07 Å². The zero-order chi connectivity index (χ0) is 24.7. The standard InChI is InChI=1S/C25H26N6O3S/c1-15-11-17(16(2)30(15)18-7-6-8-19(13-18)34-3)12-20-23(26)31-25(27-24(20)33)35-21(28-31)14-22(32)29-9-4-5-10-29/h6-8,11-13,26H,4-5,9-10,14H2,1-3H3/b20-12-,26-23?. The number of carbonyl (C=O) groups excluding carboxylic acids is 2. The fraction of sp³-hybridized carbons (Fsp3) is 0.320. The zero-order valence-electron chi connectivity index (χ0n) is 19.9. The maximum Gasteiger partial charge on any atom is 0.283 e. The molecule has 0 unspecified atom stereocenters. The molecule has 35 heavy (non-hydrogen) atoms. The van der Waals surface area contributed by atoms with Crippen LogP contribution in [0.3, 0.4) is 0 Å². The van der Waals surface area contributed by atoms with E-state index in [0.29, 0.717) is 10.2 Å².